The highest BCUT2D eigenvalue weighted by Gasteiger charge is 2.13. The molecule has 20 heavy (non-hydrogen) atoms. The zero-order chi connectivity index (χ0) is 15.1. The monoisotopic (exact) mass is 278 g/mol. The minimum Gasteiger partial charge on any atom is -0.308 e. The second kappa shape index (κ2) is 8.00. The van der Waals surface area contributed by atoms with Crippen molar-refractivity contribution in [2.24, 2.45) is 5.92 Å². The summed E-state index contributed by atoms with van der Waals surface area (Å²) in [5, 5.41) is 14.3. The maximum atomic E-state index is 10.8. The van der Waals surface area contributed by atoms with Crippen LogP contribution in [0.15, 0.2) is 24.3 Å². The third-order valence-corrected chi connectivity index (χ3v) is 3.53. The Morgan fingerprint density at radius 3 is 2.50 bits per heavy atom. The van der Waals surface area contributed by atoms with Crippen LogP contribution in [-0.2, 0) is 0 Å². The number of nitro groups is 1. The van der Waals surface area contributed by atoms with Gasteiger partial charge in [-0.05, 0) is 31.7 Å². The molecule has 0 saturated heterocycles. The molecule has 0 heterocycles. The van der Waals surface area contributed by atoms with Gasteiger partial charge >= 0.3 is 0 Å². The lowest BCUT2D eigenvalue weighted by Crippen LogP contribution is -2.28. The van der Waals surface area contributed by atoms with Crippen LogP contribution in [0.25, 0.3) is 0 Å². The van der Waals surface area contributed by atoms with Gasteiger partial charge in [0.05, 0.1) is 4.92 Å². The molecule has 0 aliphatic rings. The van der Waals surface area contributed by atoms with Crippen molar-refractivity contribution in [3.05, 3.63) is 39.9 Å². The predicted molar refractivity (Wildman–Crippen MR) is 82.8 cm³/mol. The lowest BCUT2D eigenvalue weighted by Gasteiger charge is -2.20. The van der Waals surface area contributed by atoms with E-state index in [-0.39, 0.29) is 16.7 Å². The minimum absolute atomic E-state index is 0.129. The second-order valence-electron chi connectivity index (χ2n) is 5.97. The van der Waals surface area contributed by atoms with Crippen molar-refractivity contribution in [1.82, 2.24) is 5.32 Å². The van der Waals surface area contributed by atoms with Gasteiger partial charge in [-0.15, -0.1) is 0 Å². The van der Waals surface area contributed by atoms with E-state index in [1.54, 1.807) is 12.1 Å². The summed E-state index contributed by atoms with van der Waals surface area (Å²) in [6.07, 6.45) is 3.60. The van der Waals surface area contributed by atoms with Gasteiger partial charge in [0.1, 0.15) is 0 Å². The highest BCUT2D eigenvalue weighted by molar-refractivity contribution is 5.35. The van der Waals surface area contributed by atoms with Crippen LogP contribution in [0.5, 0.6) is 0 Å². The minimum atomic E-state index is -0.345. The van der Waals surface area contributed by atoms with Crippen molar-refractivity contribution in [1.29, 1.82) is 0 Å². The molecule has 0 aromatic heterocycles. The van der Waals surface area contributed by atoms with E-state index in [0.29, 0.717) is 6.04 Å². The molecule has 1 aromatic rings. The van der Waals surface area contributed by atoms with Crippen LogP contribution in [0.4, 0.5) is 5.69 Å². The van der Waals surface area contributed by atoms with Crippen molar-refractivity contribution in [3.8, 4) is 0 Å². The number of nitro benzene ring substituents is 1. The molecule has 0 spiro atoms. The van der Waals surface area contributed by atoms with Crippen molar-refractivity contribution < 1.29 is 4.92 Å². The zero-order valence-electron chi connectivity index (χ0n) is 12.9. The van der Waals surface area contributed by atoms with Crippen LogP contribution in [0.3, 0.4) is 0 Å². The Balaban J connectivity index is 2.51. The highest BCUT2D eigenvalue weighted by Crippen LogP contribution is 2.20. The zero-order valence-corrected chi connectivity index (χ0v) is 12.9. The molecule has 112 valence electrons. The largest absolute Gasteiger partial charge is 0.308 e. The first kappa shape index (κ1) is 16.6. The van der Waals surface area contributed by atoms with Gasteiger partial charge in [-0.25, -0.2) is 0 Å². The summed E-state index contributed by atoms with van der Waals surface area (Å²) in [5.41, 5.74) is 1.12. The molecule has 0 aliphatic carbocycles. The topological polar surface area (TPSA) is 55.2 Å². The summed E-state index contributed by atoms with van der Waals surface area (Å²) in [6, 6.07) is 7.41. The number of non-ortho nitro benzene ring substituents is 1. The lowest BCUT2D eigenvalue weighted by atomic mass is 10.0. The smallest absolute Gasteiger partial charge is 0.269 e. The number of hydrogen-bond donors (Lipinski definition) is 1. The summed E-state index contributed by atoms with van der Waals surface area (Å²) in [4.78, 5) is 10.4. The average Bonchev–Trinajstić information content (AvgIpc) is 2.38. The molecule has 2 atom stereocenters. The average molecular weight is 278 g/mol. The molecule has 0 saturated carbocycles. The molecular weight excluding hydrogens is 252 g/mol. The van der Waals surface area contributed by atoms with E-state index in [0.717, 1.165) is 17.9 Å². The Hall–Kier alpha value is -1.42. The van der Waals surface area contributed by atoms with Gasteiger partial charge in [0.2, 0.25) is 0 Å². The van der Waals surface area contributed by atoms with E-state index in [4.69, 9.17) is 0 Å². The van der Waals surface area contributed by atoms with Crippen molar-refractivity contribution in [2.75, 3.05) is 0 Å². The third kappa shape index (κ3) is 5.70. The fourth-order valence-corrected chi connectivity index (χ4v) is 2.35. The summed E-state index contributed by atoms with van der Waals surface area (Å²) in [6.45, 7) is 8.71. The molecule has 0 amide bonds. The Bertz CT molecular complexity index is 432. The Morgan fingerprint density at radius 2 is 1.90 bits per heavy atom. The maximum absolute atomic E-state index is 10.8. The van der Waals surface area contributed by atoms with Crippen LogP contribution in [0, 0.1) is 16.0 Å². The highest BCUT2D eigenvalue weighted by atomic mass is 16.6. The van der Waals surface area contributed by atoms with Gasteiger partial charge < -0.3 is 5.32 Å². The quantitative estimate of drug-likeness (QED) is 0.564. The first-order chi connectivity index (χ1) is 9.40. The third-order valence-electron chi connectivity index (χ3n) is 3.53. The number of nitrogens with zero attached hydrogens (tertiary/aromatic N) is 1. The first-order valence-corrected chi connectivity index (χ1v) is 7.40. The molecule has 0 aliphatic heterocycles. The van der Waals surface area contributed by atoms with Crippen molar-refractivity contribution in [3.63, 3.8) is 0 Å². The molecule has 0 radical (unpaired) electrons. The standard InChI is InChI=1S/C16H26N2O2/c1-12(2)7-5-8-13(3)17-14(4)15-9-6-10-16(11-15)18(19)20/h6,9-14,17H,5,7-8H2,1-4H3. The molecule has 1 aromatic carbocycles. The van der Waals surface area contributed by atoms with E-state index in [2.05, 4.69) is 33.0 Å². The lowest BCUT2D eigenvalue weighted by molar-refractivity contribution is -0.384. The van der Waals surface area contributed by atoms with Gasteiger partial charge in [0, 0.05) is 24.2 Å². The molecule has 1 N–H and O–H groups in total. The Kier molecular flexibility index (Phi) is 6.65. The Morgan fingerprint density at radius 1 is 1.20 bits per heavy atom. The predicted octanol–water partition coefficient (Wildman–Crippen LogP) is 4.46. The molecule has 0 bridgehead atoms. The number of benzene rings is 1. The first-order valence-electron chi connectivity index (χ1n) is 7.40. The van der Waals surface area contributed by atoms with E-state index in [1.165, 1.54) is 18.9 Å². The summed E-state index contributed by atoms with van der Waals surface area (Å²) in [7, 11) is 0. The van der Waals surface area contributed by atoms with Crippen LogP contribution < -0.4 is 5.32 Å². The molecular formula is C16H26N2O2. The molecule has 4 nitrogen and oxygen atoms in total. The van der Waals surface area contributed by atoms with Crippen molar-refractivity contribution >= 4 is 5.69 Å². The van der Waals surface area contributed by atoms with Crippen LogP contribution in [0.2, 0.25) is 0 Å². The maximum Gasteiger partial charge on any atom is 0.269 e. The summed E-state index contributed by atoms with van der Waals surface area (Å²) >= 11 is 0. The normalized spacial score (nSPS) is 14.2. The van der Waals surface area contributed by atoms with Crippen LogP contribution >= 0.6 is 0 Å². The molecule has 4 heteroatoms. The van der Waals surface area contributed by atoms with E-state index >= 15 is 0 Å². The Labute approximate surface area is 121 Å². The number of hydrogen-bond acceptors (Lipinski definition) is 3. The van der Waals surface area contributed by atoms with Gasteiger partial charge in [0.15, 0.2) is 0 Å². The van der Waals surface area contributed by atoms with Crippen LogP contribution in [-0.4, -0.2) is 11.0 Å². The molecule has 0 fully saturated rings. The van der Waals surface area contributed by atoms with Crippen molar-refractivity contribution in [2.45, 2.75) is 59.0 Å². The van der Waals surface area contributed by atoms with E-state index < -0.39 is 0 Å². The van der Waals surface area contributed by atoms with Gasteiger partial charge in [-0.2, -0.15) is 0 Å². The van der Waals surface area contributed by atoms with E-state index in [9.17, 15) is 10.1 Å². The van der Waals surface area contributed by atoms with Crippen LogP contribution in [0.1, 0.15) is 58.6 Å². The van der Waals surface area contributed by atoms with Gasteiger partial charge in [-0.1, -0.05) is 38.8 Å². The SMILES string of the molecule is CC(C)CCCC(C)NC(C)c1cccc([N+](=O)[O-])c1. The number of nitrogens with one attached hydrogen (secondary N) is 1. The van der Waals surface area contributed by atoms with Gasteiger partial charge in [0.25, 0.3) is 5.69 Å². The van der Waals surface area contributed by atoms with E-state index in [1.807, 2.05) is 6.07 Å². The fourth-order valence-electron chi connectivity index (χ4n) is 2.35. The van der Waals surface area contributed by atoms with Gasteiger partial charge in [-0.3, -0.25) is 10.1 Å². The summed E-state index contributed by atoms with van der Waals surface area (Å²) in [5.74, 6) is 0.747. The summed E-state index contributed by atoms with van der Waals surface area (Å²) < 4.78 is 0. The fraction of sp³-hybridized carbons (Fsp3) is 0.625. The molecule has 2 unspecified atom stereocenters. The molecule has 1 rings (SSSR count). The second-order valence-corrected chi connectivity index (χ2v) is 5.97. The number of rotatable bonds is 8.